The van der Waals surface area contributed by atoms with Crippen molar-refractivity contribution < 1.29 is 18.7 Å². The molecule has 0 unspecified atom stereocenters. The Labute approximate surface area is 145 Å². The van der Waals surface area contributed by atoms with Crippen LogP contribution < -0.4 is 0 Å². The fourth-order valence-corrected chi connectivity index (χ4v) is 2.27. The first kappa shape index (κ1) is 18.4. The second-order valence-electron chi connectivity index (χ2n) is 5.27. The number of aromatic nitrogens is 2. The van der Waals surface area contributed by atoms with E-state index in [0.29, 0.717) is 16.9 Å². The summed E-state index contributed by atoms with van der Waals surface area (Å²) < 4.78 is 24.5. The highest BCUT2D eigenvalue weighted by Gasteiger charge is 2.16. The minimum absolute atomic E-state index is 0.0706. The van der Waals surface area contributed by atoms with E-state index >= 15 is 0 Å². The lowest BCUT2D eigenvalue weighted by Gasteiger charge is -2.05. The number of halogens is 1. The SMILES string of the molecule is COCCOC(=O)/C(C#N)=C/c1c(C)nn(-c2ccc(F)cc2)c1C. The summed E-state index contributed by atoms with van der Waals surface area (Å²) in [5.74, 6) is -1.05. The first-order valence-electron chi connectivity index (χ1n) is 7.58. The number of esters is 1. The van der Waals surface area contributed by atoms with Crippen molar-refractivity contribution in [3.05, 3.63) is 52.6 Å². The molecule has 7 heteroatoms. The van der Waals surface area contributed by atoms with Gasteiger partial charge in [-0.25, -0.2) is 13.9 Å². The molecule has 0 fully saturated rings. The number of carbonyl (C=O) groups excluding carboxylic acids is 1. The van der Waals surface area contributed by atoms with Gasteiger partial charge in [0.15, 0.2) is 0 Å². The molecule has 6 nitrogen and oxygen atoms in total. The summed E-state index contributed by atoms with van der Waals surface area (Å²) in [6.45, 7) is 3.90. The molecule has 2 aromatic rings. The number of hydrogen-bond acceptors (Lipinski definition) is 5. The monoisotopic (exact) mass is 343 g/mol. The first-order chi connectivity index (χ1) is 12.0. The molecule has 1 aromatic heterocycles. The van der Waals surface area contributed by atoms with Crippen LogP contribution in [-0.2, 0) is 14.3 Å². The van der Waals surface area contributed by atoms with E-state index in [-0.39, 0.29) is 24.6 Å². The third-order valence-corrected chi connectivity index (χ3v) is 3.57. The van der Waals surface area contributed by atoms with Crippen molar-refractivity contribution >= 4 is 12.0 Å². The van der Waals surface area contributed by atoms with Crippen molar-refractivity contribution in [2.45, 2.75) is 13.8 Å². The molecule has 0 aliphatic carbocycles. The van der Waals surface area contributed by atoms with Gasteiger partial charge in [0.2, 0.25) is 0 Å². The van der Waals surface area contributed by atoms with Crippen LogP contribution >= 0.6 is 0 Å². The molecule has 130 valence electrons. The first-order valence-corrected chi connectivity index (χ1v) is 7.58. The van der Waals surface area contributed by atoms with Gasteiger partial charge in [-0.05, 0) is 44.2 Å². The van der Waals surface area contributed by atoms with Gasteiger partial charge in [-0.2, -0.15) is 10.4 Å². The molecule has 0 saturated heterocycles. The smallest absolute Gasteiger partial charge is 0.348 e. The van der Waals surface area contributed by atoms with E-state index in [1.807, 2.05) is 6.07 Å². The molecular weight excluding hydrogens is 325 g/mol. The Balaban J connectivity index is 2.34. The zero-order valence-electron chi connectivity index (χ0n) is 14.2. The third kappa shape index (κ3) is 4.31. The van der Waals surface area contributed by atoms with E-state index in [4.69, 9.17) is 9.47 Å². The summed E-state index contributed by atoms with van der Waals surface area (Å²) in [6.07, 6.45) is 1.45. The lowest BCUT2D eigenvalue weighted by molar-refractivity contribution is -0.139. The molecule has 1 heterocycles. The number of nitrogens with zero attached hydrogens (tertiary/aromatic N) is 3. The van der Waals surface area contributed by atoms with Gasteiger partial charge < -0.3 is 9.47 Å². The van der Waals surface area contributed by atoms with Crippen LogP contribution in [0.3, 0.4) is 0 Å². The lowest BCUT2D eigenvalue weighted by atomic mass is 10.1. The number of benzene rings is 1. The normalized spacial score (nSPS) is 11.2. The van der Waals surface area contributed by atoms with Crippen LogP contribution in [0.25, 0.3) is 11.8 Å². The minimum atomic E-state index is -0.715. The Morgan fingerprint density at radius 3 is 2.60 bits per heavy atom. The summed E-state index contributed by atoms with van der Waals surface area (Å²) in [5, 5.41) is 13.6. The molecule has 0 amide bonds. The highest BCUT2D eigenvalue weighted by molar-refractivity contribution is 5.98. The fraction of sp³-hybridized carbons (Fsp3) is 0.278. The molecule has 1 aromatic carbocycles. The Kier molecular flexibility index (Phi) is 6.03. The van der Waals surface area contributed by atoms with Crippen molar-refractivity contribution in [2.75, 3.05) is 20.3 Å². The van der Waals surface area contributed by atoms with Crippen molar-refractivity contribution in [3.63, 3.8) is 0 Å². The molecule has 25 heavy (non-hydrogen) atoms. The van der Waals surface area contributed by atoms with Gasteiger partial charge in [0, 0.05) is 18.4 Å². The molecule has 0 bridgehead atoms. The standard InChI is InChI=1S/C18H18FN3O3/c1-12-17(10-14(11-20)18(23)25-9-8-24-3)13(2)22(21-12)16-6-4-15(19)5-7-16/h4-7,10H,8-9H2,1-3H3/b14-10+. The highest BCUT2D eigenvalue weighted by Crippen LogP contribution is 2.21. The van der Waals surface area contributed by atoms with Crippen molar-refractivity contribution in [1.29, 1.82) is 5.26 Å². The van der Waals surface area contributed by atoms with E-state index in [2.05, 4.69) is 5.10 Å². The predicted molar refractivity (Wildman–Crippen MR) is 89.4 cm³/mol. The average Bonchev–Trinajstić information content (AvgIpc) is 2.88. The molecule has 2 rings (SSSR count). The number of hydrogen-bond donors (Lipinski definition) is 0. The van der Waals surface area contributed by atoms with Crippen LogP contribution in [0.5, 0.6) is 0 Å². The van der Waals surface area contributed by atoms with Gasteiger partial charge in [0.1, 0.15) is 24.1 Å². The lowest BCUT2D eigenvalue weighted by Crippen LogP contribution is -2.11. The van der Waals surface area contributed by atoms with Gasteiger partial charge in [-0.3, -0.25) is 0 Å². The van der Waals surface area contributed by atoms with Crippen LogP contribution in [0.2, 0.25) is 0 Å². The Morgan fingerprint density at radius 1 is 1.32 bits per heavy atom. The van der Waals surface area contributed by atoms with E-state index in [1.165, 1.54) is 25.3 Å². The van der Waals surface area contributed by atoms with Crippen LogP contribution in [0.4, 0.5) is 4.39 Å². The predicted octanol–water partition coefficient (Wildman–Crippen LogP) is 2.72. The second kappa shape index (κ2) is 8.22. The Morgan fingerprint density at radius 2 is 2.00 bits per heavy atom. The Hall–Kier alpha value is -2.98. The molecule has 0 N–H and O–H groups in total. The van der Waals surface area contributed by atoms with Gasteiger partial charge in [-0.1, -0.05) is 0 Å². The highest BCUT2D eigenvalue weighted by atomic mass is 19.1. The largest absolute Gasteiger partial charge is 0.459 e. The van der Waals surface area contributed by atoms with Gasteiger partial charge in [-0.15, -0.1) is 0 Å². The number of methoxy groups -OCH3 is 1. The molecule has 0 spiro atoms. The van der Waals surface area contributed by atoms with E-state index < -0.39 is 5.97 Å². The number of carbonyl (C=O) groups is 1. The number of ether oxygens (including phenoxy) is 2. The second-order valence-corrected chi connectivity index (χ2v) is 5.27. The number of aryl methyl sites for hydroxylation is 1. The van der Waals surface area contributed by atoms with Crippen LogP contribution in [0.15, 0.2) is 29.8 Å². The number of rotatable bonds is 6. The zero-order valence-corrected chi connectivity index (χ0v) is 14.2. The summed E-state index contributed by atoms with van der Waals surface area (Å²) >= 11 is 0. The molecule has 0 radical (unpaired) electrons. The summed E-state index contributed by atoms with van der Waals surface area (Å²) in [7, 11) is 1.49. The van der Waals surface area contributed by atoms with E-state index in [1.54, 1.807) is 30.7 Å². The van der Waals surface area contributed by atoms with E-state index in [9.17, 15) is 14.4 Å². The maximum atomic E-state index is 13.1. The summed E-state index contributed by atoms with van der Waals surface area (Å²) in [6, 6.07) is 7.74. The van der Waals surface area contributed by atoms with Crippen LogP contribution in [0, 0.1) is 31.0 Å². The Bertz CT molecular complexity index is 832. The average molecular weight is 343 g/mol. The van der Waals surface area contributed by atoms with Crippen molar-refractivity contribution in [3.8, 4) is 11.8 Å². The minimum Gasteiger partial charge on any atom is -0.459 e. The van der Waals surface area contributed by atoms with Gasteiger partial charge >= 0.3 is 5.97 Å². The van der Waals surface area contributed by atoms with Crippen LogP contribution in [0.1, 0.15) is 17.0 Å². The molecular formula is C18H18FN3O3. The molecule has 0 aliphatic heterocycles. The molecule has 0 saturated carbocycles. The van der Waals surface area contributed by atoms with Crippen LogP contribution in [-0.4, -0.2) is 36.1 Å². The zero-order chi connectivity index (χ0) is 18.4. The summed E-state index contributed by atoms with van der Waals surface area (Å²) in [5.41, 5.74) is 2.56. The quantitative estimate of drug-likeness (QED) is 0.349. The molecule has 0 aliphatic rings. The van der Waals surface area contributed by atoms with Crippen molar-refractivity contribution in [1.82, 2.24) is 9.78 Å². The topological polar surface area (TPSA) is 77.1 Å². The maximum absolute atomic E-state index is 13.1. The van der Waals surface area contributed by atoms with Gasteiger partial charge in [0.25, 0.3) is 0 Å². The molecule has 0 atom stereocenters. The summed E-state index contributed by atoms with van der Waals surface area (Å²) in [4.78, 5) is 12.0. The fourth-order valence-electron chi connectivity index (χ4n) is 2.27. The van der Waals surface area contributed by atoms with Gasteiger partial charge in [0.05, 0.1) is 18.0 Å². The van der Waals surface area contributed by atoms with E-state index in [0.717, 1.165) is 5.69 Å². The van der Waals surface area contributed by atoms with Crippen molar-refractivity contribution in [2.24, 2.45) is 0 Å². The number of nitriles is 1. The maximum Gasteiger partial charge on any atom is 0.348 e. The third-order valence-electron chi connectivity index (χ3n) is 3.57.